The number of aryl methyl sites for hydroxylation is 1. The number of unbranched alkanes of at least 4 members (excludes halogenated alkanes) is 2. The summed E-state index contributed by atoms with van der Waals surface area (Å²) in [4.78, 5) is 20.9. The van der Waals surface area contributed by atoms with E-state index in [0.717, 1.165) is 5.69 Å². The summed E-state index contributed by atoms with van der Waals surface area (Å²) in [5.41, 5.74) is 0.737. The molecule has 0 amide bonds. The fourth-order valence-electron chi connectivity index (χ4n) is 2.70. The quantitative estimate of drug-likeness (QED) is 0.529. The van der Waals surface area contributed by atoms with Gasteiger partial charge in [0.15, 0.2) is 9.84 Å². The number of nitrogens with zero attached hydrogens (tertiary/aromatic N) is 2. The van der Waals surface area contributed by atoms with E-state index in [2.05, 4.69) is 9.97 Å². The van der Waals surface area contributed by atoms with Gasteiger partial charge in [-0.1, -0.05) is 24.6 Å². The second kappa shape index (κ2) is 9.96. The zero-order chi connectivity index (χ0) is 21.5. The SMILES string of the molecule is Cc1cc(Oc2ccccc2)nc(CC(=O)CCCCCS(=O)(=O)C(C)(C)C)n1. The second-order valence-electron chi connectivity index (χ2n) is 8.14. The van der Waals surface area contributed by atoms with Gasteiger partial charge in [-0.3, -0.25) is 4.79 Å². The highest BCUT2D eigenvalue weighted by Crippen LogP contribution is 2.20. The van der Waals surface area contributed by atoms with Crippen LogP contribution in [0.4, 0.5) is 0 Å². The van der Waals surface area contributed by atoms with Crippen molar-refractivity contribution in [2.24, 2.45) is 0 Å². The average molecular weight is 419 g/mol. The Morgan fingerprint density at radius 3 is 2.38 bits per heavy atom. The fraction of sp³-hybridized carbons (Fsp3) is 0.500. The average Bonchev–Trinajstić information content (AvgIpc) is 2.60. The number of ether oxygens (including phenoxy) is 1. The smallest absolute Gasteiger partial charge is 0.222 e. The Balaban J connectivity index is 1.82. The molecule has 0 fully saturated rings. The van der Waals surface area contributed by atoms with Crippen molar-refractivity contribution < 1.29 is 17.9 Å². The van der Waals surface area contributed by atoms with Crippen molar-refractivity contribution >= 4 is 15.6 Å². The third-order valence-corrected chi connectivity index (χ3v) is 7.19. The number of para-hydroxylation sites is 1. The van der Waals surface area contributed by atoms with Gasteiger partial charge >= 0.3 is 0 Å². The minimum atomic E-state index is -3.10. The van der Waals surface area contributed by atoms with Gasteiger partial charge in [0, 0.05) is 18.2 Å². The maximum atomic E-state index is 12.3. The molecule has 0 atom stereocenters. The molecule has 1 aromatic carbocycles. The van der Waals surface area contributed by atoms with Crippen molar-refractivity contribution in [1.82, 2.24) is 9.97 Å². The normalized spacial score (nSPS) is 12.0. The lowest BCUT2D eigenvalue weighted by Gasteiger charge is -2.18. The molecular formula is C22H30N2O4S. The van der Waals surface area contributed by atoms with Crippen molar-refractivity contribution in [2.45, 2.75) is 64.5 Å². The number of carbonyl (C=O) groups excluding carboxylic acids is 1. The van der Waals surface area contributed by atoms with Crippen LogP contribution in [0.3, 0.4) is 0 Å². The summed E-state index contributed by atoms with van der Waals surface area (Å²) in [5, 5.41) is 0. The molecule has 2 aromatic rings. The number of Topliss-reactive ketones (excluding diaryl/α,β-unsaturated/α-hetero) is 1. The number of hydrogen-bond donors (Lipinski definition) is 0. The molecule has 2 rings (SSSR count). The largest absolute Gasteiger partial charge is 0.439 e. The van der Waals surface area contributed by atoms with Gasteiger partial charge in [-0.2, -0.15) is 4.98 Å². The van der Waals surface area contributed by atoms with Gasteiger partial charge in [0.1, 0.15) is 17.4 Å². The predicted octanol–water partition coefficient (Wildman–Crippen LogP) is 4.46. The molecule has 0 aliphatic carbocycles. The summed E-state index contributed by atoms with van der Waals surface area (Å²) in [6.45, 7) is 6.97. The molecule has 0 spiro atoms. The molecule has 0 N–H and O–H groups in total. The summed E-state index contributed by atoms with van der Waals surface area (Å²) in [6.07, 6.45) is 2.48. The highest BCUT2D eigenvalue weighted by Gasteiger charge is 2.27. The van der Waals surface area contributed by atoms with Crippen LogP contribution in [0, 0.1) is 6.92 Å². The zero-order valence-corrected chi connectivity index (χ0v) is 18.5. The van der Waals surface area contributed by atoms with Gasteiger partial charge in [0.05, 0.1) is 16.9 Å². The number of sulfone groups is 1. The minimum absolute atomic E-state index is 0.0416. The molecule has 0 radical (unpaired) electrons. The number of benzene rings is 1. The third kappa shape index (κ3) is 7.57. The van der Waals surface area contributed by atoms with Crippen LogP contribution < -0.4 is 4.74 Å². The molecule has 7 heteroatoms. The van der Waals surface area contributed by atoms with Gasteiger partial charge in [0.25, 0.3) is 0 Å². The van der Waals surface area contributed by atoms with Crippen LogP contribution in [0.2, 0.25) is 0 Å². The lowest BCUT2D eigenvalue weighted by Crippen LogP contribution is -2.30. The summed E-state index contributed by atoms with van der Waals surface area (Å²) in [7, 11) is -3.10. The van der Waals surface area contributed by atoms with E-state index >= 15 is 0 Å². The molecule has 0 bridgehead atoms. The van der Waals surface area contributed by atoms with E-state index in [9.17, 15) is 13.2 Å². The fourth-order valence-corrected chi connectivity index (χ4v) is 3.90. The Kier molecular flexibility index (Phi) is 7.90. The molecule has 0 saturated carbocycles. The molecular weight excluding hydrogens is 388 g/mol. The second-order valence-corrected chi connectivity index (χ2v) is 11.0. The Bertz CT molecular complexity index is 920. The van der Waals surface area contributed by atoms with Crippen molar-refractivity contribution in [3.63, 3.8) is 0 Å². The molecule has 0 unspecified atom stereocenters. The van der Waals surface area contributed by atoms with Gasteiger partial charge in [-0.25, -0.2) is 13.4 Å². The Morgan fingerprint density at radius 1 is 1.03 bits per heavy atom. The van der Waals surface area contributed by atoms with Crippen LogP contribution in [-0.4, -0.2) is 34.7 Å². The van der Waals surface area contributed by atoms with Crippen LogP contribution in [0.1, 0.15) is 58.0 Å². The number of rotatable bonds is 10. The summed E-state index contributed by atoms with van der Waals surface area (Å²) >= 11 is 0. The van der Waals surface area contributed by atoms with Crippen LogP contribution >= 0.6 is 0 Å². The predicted molar refractivity (Wildman–Crippen MR) is 114 cm³/mol. The highest BCUT2D eigenvalue weighted by molar-refractivity contribution is 7.92. The molecule has 0 aliphatic rings. The first-order chi connectivity index (χ1) is 13.6. The van der Waals surface area contributed by atoms with Crippen LogP contribution in [0.25, 0.3) is 0 Å². The number of ketones is 1. The molecule has 0 aliphatic heterocycles. The summed E-state index contributed by atoms with van der Waals surface area (Å²) < 4.78 is 29.2. The Labute approximate surface area is 173 Å². The van der Waals surface area contributed by atoms with E-state index in [1.54, 1.807) is 26.8 Å². The van der Waals surface area contributed by atoms with Crippen molar-refractivity contribution in [1.29, 1.82) is 0 Å². The maximum Gasteiger partial charge on any atom is 0.222 e. The lowest BCUT2D eigenvalue weighted by atomic mass is 10.1. The minimum Gasteiger partial charge on any atom is -0.439 e. The van der Waals surface area contributed by atoms with Gasteiger partial charge < -0.3 is 4.74 Å². The Hall–Kier alpha value is -2.28. The van der Waals surface area contributed by atoms with Crippen molar-refractivity contribution in [2.75, 3.05) is 5.75 Å². The van der Waals surface area contributed by atoms with Crippen LogP contribution in [0.5, 0.6) is 11.6 Å². The van der Waals surface area contributed by atoms with E-state index in [1.165, 1.54) is 0 Å². The summed E-state index contributed by atoms with van der Waals surface area (Å²) in [6, 6.07) is 11.1. The van der Waals surface area contributed by atoms with E-state index < -0.39 is 14.6 Å². The molecule has 0 saturated heterocycles. The number of hydrogen-bond acceptors (Lipinski definition) is 6. The summed E-state index contributed by atoms with van der Waals surface area (Å²) in [5.74, 6) is 1.73. The molecule has 6 nitrogen and oxygen atoms in total. The molecule has 1 heterocycles. The van der Waals surface area contributed by atoms with Gasteiger partial charge in [-0.05, 0) is 52.7 Å². The number of aromatic nitrogens is 2. The first-order valence-corrected chi connectivity index (χ1v) is 11.5. The number of carbonyl (C=O) groups is 1. The monoisotopic (exact) mass is 418 g/mol. The maximum absolute atomic E-state index is 12.3. The van der Waals surface area contributed by atoms with E-state index in [1.807, 2.05) is 37.3 Å². The van der Waals surface area contributed by atoms with Gasteiger partial charge in [-0.15, -0.1) is 0 Å². The topological polar surface area (TPSA) is 86.2 Å². The van der Waals surface area contributed by atoms with E-state index in [-0.39, 0.29) is 18.0 Å². The van der Waals surface area contributed by atoms with E-state index in [4.69, 9.17) is 4.74 Å². The standard InChI is InChI=1S/C22H30N2O4S/c1-17-15-21(28-19-12-8-5-9-13-19)24-20(23-17)16-18(25)11-7-6-10-14-29(26,27)22(2,3)4/h5,8-9,12-13,15H,6-7,10-11,14,16H2,1-4H3. The van der Waals surface area contributed by atoms with Crippen LogP contribution in [-0.2, 0) is 21.1 Å². The molecule has 1 aromatic heterocycles. The third-order valence-electron chi connectivity index (χ3n) is 4.50. The van der Waals surface area contributed by atoms with E-state index in [0.29, 0.717) is 43.1 Å². The van der Waals surface area contributed by atoms with Crippen LogP contribution in [0.15, 0.2) is 36.4 Å². The zero-order valence-electron chi connectivity index (χ0n) is 17.6. The van der Waals surface area contributed by atoms with Crippen molar-refractivity contribution in [3.8, 4) is 11.6 Å². The lowest BCUT2D eigenvalue weighted by molar-refractivity contribution is -0.118. The first kappa shape index (κ1) is 23.0. The van der Waals surface area contributed by atoms with Gasteiger partial charge in [0.2, 0.25) is 5.88 Å². The molecule has 158 valence electrons. The molecule has 29 heavy (non-hydrogen) atoms. The Morgan fingerprint density at radius 2 is 1.72 bits per heavy atom. The highest BCUT2D eigenvalue weighted by atomic mass is 32.2. The first-order valence-electron chi connectivity index (χ1n) is 9.88. The van der Waals surface area contributed by atoms with Crippen molar-refractivity contribution in [3.05, 3.63) is 47.9 Å².